The lowest BCUT2D eigenvalue weighted by molar-refractivity contribution is -0.148. The highest BCUT2D eigenvalue weighted by Crippen LogP contribution is 2.37. The fourth-order valence-corrected chi connectivity index (χ4v) is 16.1. The van der Waals surface area contributed by atoms with Crippen molar-refractivity contribution >= 4 is 134 Å². The molecule has 8 rings (SSSR count). The number of H-pyrrole nitrogens is 1. The van der Waals surface area contributed by atoms with Crippen molar-refractivity contribution in [2.75, 3.05) is 56.7 Å². The van der Waals surface area contributed by atoms with Crippen LogP contribution in [-0.2, 0) is 84.8 Å². The molecular weight excluding hydrogens is 1240 g/mol. The van der Waals surface area contributed by atoms with Gasteiger partial charge in [0.1, 0.15) is 17.9 Å². The number of ketones is 3. The number of unbranched alkanes of at least 4 members (excludes halogenated alkanes) is 1. The number of aliphatic carboxylic acids is 1. The van der Waals surface area contributed by atoms with Crippen molar-refractivity contribution in [2.24, 2.45) is 23.7 Å². The predicted molar refractivity (Wildman–Crippen MR) is 332 cm³/mol. The van der Waals surface area contributed by atoms with Gasteiger partial charge < -0.3 is 51.6 Å². The fourth-order valence-electron chi connectivity index (χ4n) is 12.2. The molecule has 0 aliphatic carbocycles. The van der Waals surface area contributed by atoms with Crippen LogP contribution >= 0.6 is 35.3 Å². The number of rotatable bonds is 13. The van der Waals surface area contributed by atoms with Gasteiger partial charge in [-0.15, -0.1) is 35.3 Å². The lowest BCUT2D eigenvalue weighted by atomic mass is 9.86. The molecule has 11 amide bonds. The smallest absolute Gasteiger partial charge is 0.304 e. The van der Waals surface area contributed by atoms with Crippen LogP contribution in [0.5, 0.6) is 0 Å². The molecule has 1 aromatic carbocycles. The van der Waals surface area contributed by atoms with E-state index < -0.39 is 156 Å². The molecular formula is C61H80N10O17S3. The molecule has 27 nitrogen and oxygen atoms in total. The minimum absolute atomic E-state index is 0.00342. The topological polar surface area (TPSA) is 385 Å². The van der Waals surface area contributed by atoms with Crippen LogP contribution in [0.3, 0.4) is 0 Å². The van der Waals surface area contributed by atoms with E-state index >= 15 is 0 Å². The summed E-state index contributed by atoms with van der Waals surface area (Å²) in [5, 5.41) is 34.1. The van der Waals surface area contributed by atoms with Gasteiger partial charge in [-0.25, -0.2) is 0 Å². The molecule has 2 aromatic rings. The van der Waals surface area contributed by atoms with Crippen molar-refractivity contribution in [3.05, 3.63) is 29.3 Å². The van der Waals surface area contributed by atoms with Gasteiger partial charge in [-0.1, -0.05) is 46.6 Å². The second-order valence-electron chi connectivity index (χ2n) is 24.3. The summed E-state index contributed by atoms with van der Waals surface area (Å²) >= 11 is 3.53. The minimum atomic E-state index is -1.60. The van der Waals surface area contributed by atoms with Crippen LogP contribution in [0.4, 0.5) is 0 Å². The highest BCUT2D eigenvalue weighted by atomic mass is 32.2. The van der Waals surface area contributed by atoms with Gasteiger partial charge in [0.25, 0.3) is 0 Å². The Balaban J connectivity index is 1.08. The largest absolute Gasteiger partial charge is 0.481 e. The summed E-state index contributed by atoms with van der Waals surface area (Å²) in [6.45, 7) is 5.07. The summed E-state index contributed by atoms with van der Waals surface area (Å²) in [7, 11) is 0. The molecule has 0 radical (unpaired) electrons. The van der Waals surface area contributed by atoms with E-state index in [2.05, 4.69) is 31.6 Å². The first-order valence-corrected chi connectivity index (χ1v) is 34.1. The third-order valence-electron chi connectivity index (χ3n) is 17.9. The van der Waals surface area contributed by atoms with Crippen LogP contribution in [-0.4, -0.2) is 221 Å². The van der Waals surface area contributed by atoms with E-state index in [9.17, 15) is 82.1 Å². The number of carbonyl (C=O) groups is 15. The van der Waals surface area contributed by atoms with E-state index in [0.717, 1.165) is 26.5 Å². The highest BCUT2D eigenvalue weighted by molar-refractivity contribution is 8.17. The standard InChI is InChI=1S/C61H80N10O17S3/c1-5-31(3)53-44(75)20-34-19-39-38-18-33(17-36(72)9-7-8-10-49(78)68-13-15-69-50(79)24-45(60(69)87)90-30-91-46-25-51(80)70(16-14-68)61(46)88)11-12-40(38)65-58(39)89-29-41(64-47(76)26-63-57(85)54(32(4)6-2)66-48(77)27-62-55(34)83)43(74)21-35(22-52(81)82)59(86)71-28-37(73)23-42(71)56(84)67-53/h11-12,18,31-32,34-35,37,41-42,45-46,53-54,65,73H,5-10,13-17,19-30H2,1-4H3,(H,62,83)(H,63,85)(H,64,76)(H,66,77)(H,67,84)(H,81,82)/t31?,32-,34+,35-,37+,41-,42-,45?,46?,53-,54-/m0/s1. The molecule has 4 saturated heterocycles. The van der Waals surface area contributed by atoms with Crippen LogP contribution in [0.1, 0.15) is 116 Å². The number of Topliss-reactive ketones (excluding diaryl/α,β-unsaturated/α-hetero) is 3. The lowest BCUT2D eigenvalue weighted by Crippen LogP contribution is -2.55. The zero-order chi connectivity index (χ0) is 66.0. The normalized spacial score (nSPS) is 27.3. The molecule has 30 heteroatoms. The third kappa shape index (κ3) is 17.5. The molecule has 11 atom stereocenters. The Bertz CT molecular complexity index is 3190. The van der Waals surface area contributed by atoms with Crippen LogP contribution in [0.15, 0.2) is 23.2 Å². The quantitative estimate of drug-likeness (QED) is 0.0993. The van der Waals surface area contributed by atoms with Gasteiger partial charge in [-0.3, -0.25) is 81.7 Å². The molecule has 6 aliphatic heterocycles. The number of hydrogen-bond acceptors (Lipinski definition) is 19. The first-order chi connectivity index (χ1) is 43.3. The van der Waals surface area contributed by atoms with Gasteiger partial charge >= 0.3 is 5.97 Å². The van der Waals surface area contributed by atoms with Crippen molar-refractivity contribution in [1.29, 1.82) is 0 Å². The Hall–Kier alpha value is -7.18. The first kappa shape index (κ1) is 69.7. The Morgan fingerprint density at radius 1 is 0.681 bits per heavy atom. The first-order valence-electron chi connectivity index (χ1n) is 31.0. The number of benzene rings is 1. The predicted octanol–water partition coefficient (Wildman–Crippen LogP) is 0.389. The Kier molecular flexibility index (Phi) is 24.1. The maximum atomic E-state index is 14.9. The number of imide groups is 2. The number of nitrogens with one attached hydrogen (secondary N) is 6. The number of carboxylic acid groups (broad SMARTS) is 1. The number of aromatic amines is 1. The molecule has 91 heavy (non-hydrogen) atoms. The fraction of sp³-hybridized carbons (Fsp3) is 0.623. The molecule has 8 N–H and O–H groups in total. The Morgan fingerprint density at radius 3 is 1.93 bits per heavy atom. The van der Waals surface area contributed by atoms with Crippen molar-refractivity contribution in [3.63, 3.8) is 0 Å². The van der Waals surface area contributed by atoms with Crippen LogP contribution in [0.25, 0.3) is 10.9 Å². The summed E-state index contributed by atoms with van der Waals surface area (Å²) in [6, 6.07) is -0.214. The summed E-state index contributed by atoms with van der Waals surface area (Å²) in [6.07, 6.45) is -2.70. The van der Waals surface area contributed by atoms with E-state index in [1.165, 1.54) is 28.4 Å². The SMILES string of the molecule is CCC(C)[C@@H]1NC(=O)[C@@H]2C[C@@H](O)CN2C(=O)[C@H](CC(=O)O)CC(=O)[C@@H]2CSc3[nH]c4ccc(CC(=O)CCCCC(=O)N5CCN6C(=O)CC(SCSC7CC(=O)N(CC5)C7=O)C6=O)cc4c3C[C@H](CC1=O)C(=O)NCC(=O)N[C@@H]([C@@H](C)CC)C(=O)NCC(=O)N2. The van der Waals surface area contributed by atoms with Gasteiger partial charge in [-0.2, -0.15) is 0 Å². The lowest BCUT2D eigenvalue weighted by Gasteiger charge is -2.31. The van der Waals surface area contributed by atoms with Crippen LogP contribution in [0.2, 0.25) is 0 Å². The maximum Gasteiger partial charge on any atom is 0.304 e. The summed E-state index contributed by atoms with van der Waals surface area (Å²) in [5.74, 6) is -14.0. The number of aliphatic hydroxyl groups is 1. The highest BCUT2D eigenvalue weighted by Gasteiger charge is 2.46. The van der Waals surface area contributed by atoms with E-state index in [4.69, 9.17) is 0 Å². The molecule has 7 heterocycles. The van der Waals surface area contributed by atoms with Gasteiger partial charge in [0.15, 0.2) is 11.6 Å². The molecule has 494 valence electrons. The van der Waals surface area contributed by atoms with Crippen molar-refractivity contribution in [1.82, 2.24) is 51.2 Å². The number of thioether (sulfide) groups is 3. The number of nitrogens with zero attached hydrogens (tertiary/aromatic N) is 4. The van der Waals surface area contributed by atoms with Crippen LogP contribution < -0.4 is 26.6 Å². The monoisotopic (exact) mass is 1320 g/mol. The maximum absolute atomic E-state index is 14.9. The van der Waals surface area contributed by atoms with E-state index in [1.807, 2.05) is 0 Å². The number of fused-ring (bicyclic) bond motifs is 9. The van der Waals surface area contributed by atoms with E-state index in [-0.39, 0.29) is 125 Å². The average Bonchev–Trinajstić information content (AvgIpc) is 1.71. The number of aromatic nitrogens is 1. The van der Waals surface area contributed by atoms with Gasteiger partial charge in [0.2, 0.25) is 65.0 Å². The van der Waals surface area contributed by atoms with Crippen molar-refractivity contribution in [3.8, 4) is 0 Å². The average molecular weight is 1320 g/mol. The minimum Gasteiger partial charge on any atom is -0.481 e. The molecule has 0 spiro atoms. The molecule has 1 aromatic heterocycles. The number of carboxylic acids is 1. The van der Waals surface area contributed by atoms with Crippen molar-refractivity contribution in [2.45, 2.75) is 163 Å². The second-order valence-corrected chi connectivity index (χ2v) is 28.1. The number of aliphatic hydroxyl groups excluding tert-OH is 1. The molecule has 0 saturated carbocycles. The van der Waals surface area contributed by atoms with Crippen LogP contribution in [0, 0.1) is 23.7 Å². The second kappa shape index (κ2) is 31.4. The zero-order valence-corrected chi connectivity index (χ0v) is 53.8. The molecule has 4 fully saturated rings. The van der Waals surface area contributed by atoms with E-state index in [0.29, 0.717) is 45.0 Å². The summed E-state index contributed by atoms with van der Waals surface area (Å²) in [5.41, 5.74) is 1.45. The number of carbonyl (C=O) groups excluding carboxylic acids is 14. The summed E-state index contributed by atoms with van der Waals surface area (Å²) < 4.78 is 0. The van der Waals surface area contributed by atoms with Crippen molar-refractivity contribution < 1.29 is 82.1 Å². The zero-order valence-electron chi connectivity index (χ0n) is 51.4. The third-order valence-corrected chi connectivity index (χ3v) is 21.7. The summed E-state index contributed by atoms with van der Waals surface area (Å²) in [4.78, 5) is 215. The number of hydrogen-bond donors (Lipinski definition) is 8. The molecule has 3 unspecified atom stereocenters. The molecule has 6 bridgehead atoms. The molecule has 6 aliphatic rings. The van der Waals surface area contributed by atoms with Gasteiger partial charge in [-0.05, 0) is 54.4 Å². The van der Waals surface area contributed by atoms with Gasteiger partial charge in [0.05, 0.1) is 59.1 Å². The Morgan fingerprint density at radius 2 is 1.30 bits per heavy atom. The number of amides is 11. The van der Waals surface area contributed by atoms with Gasteiger partial charge in [0, 0.05) is 112 Å². The Labute approximate surface area is 538 Å². The van der Waals surface area contributed by atoms with E-state index in [1.54, 1.807) is 45.9 Å².